The molecule has 0 aliphatic heterocycles. The van der Waals surface area contributed by atoms with Crippen LogP contribution in [-0.2, 0) is 0 Å². The molecule has 0 amide bonds. The van der Waals surface area contributed by atoms with Crippen LogP contribution in [0.4, 0.5) is 4.39 Å². The number of ether oxygens (including phenoxy) is 1. The van der Waals surface area contributed by atoms with E-state index in [9.17, 15) is 4.39 Å². The van der Waals surface area contributed by atoms with E-state index in [0.717, 1.165) is 31.9 Å². The van der Waals surface area contributed by atoms with E-state index in [1.54, 1.807) is 0 Å². The van der Waals surface area contributed by atoms with E-state index in [-0.39, 0.29) is 17.4 Å². The van der Waals surface area contributed by atoms with Crippen molar-refractivity contribution in [2.45, 2.75) is 31.8 Å². The van der Waals surface area contributed by atoms with E-state index in [1.165, 1.54) is 6.07 Å². The quantitative estimate of drug-likeness (QED) is 0.722. The maximum absolute atomic E-state index is 13.1. The lowest BCUT2D eigenvalue weighted by Gasteiger charge is -2.12. The SMILES string of the molecule is OB(O)c1cc(OC2CCCC2)ncc1F. The first-order chi connectivity index (χ1) is 7.66. The second-order valence-electron chi connectivity index (χ2n) is 3.94. The van der Waals surface area contributed by atoms with Gasteiger partial charge in [-0.15, -0.1) is 0 Å². The molecule has 0 unspecified atom stereocenters. The molecule has 1 aromatic rings. The minimum absolute atomic E-state index is 0.113. The van der Waals surface area contributed by atoms with E-state index in [2.05, 4.69) is 4.98 Å². The summed E-state index contributed by atoms with van der Waals surface area (Å²) in [6.45, 7) is 0. The van der Waals surface area contributed by atoms with Gasteiger partial charge in [0.25, 0.3) is 0 Å². The van der Waals surface area contributed by atoms with Crippen molar-refractivity contribution in [1.29, 1.82) is 0 Å². The monoisotopic (exact) mass is 225 g/mol. The first kappa shape index (κ1) is 11.4. The molecule has 0 spiro atoms. The highest BCUT2D eigenvalue weighted by Gasteiger charge is 2.21. The van der Waals surface area contributed by atoms with Crippen LogP contribution < -0.4 is 10.2 Å². The average Bonchev–Trinajstić information content (AvgIpc) is 2.73. The van der Waals surface area contributed by atoms with Crippen LogP contribution in [0.15, 0.2) is 12.3 Å². The zero-order chi connectivity index (χ0) is 11.5. The van der Waals surface area contributed by atoms with Crippen molar-refractivity contribution >= 4 is 12.6 Å². The first-order valence-electron chi connectivity index (χ1n) is 5.35. The van der Waals surface area contributed by atoms with Gasteiger partial charge in [-0.3, -0.25) is 0 Å². The Labute approximate surface area is 93.2 Å². The van der Waals surface area contributed by atoms with Crippen molar-refractivity contribution in [2.75, 3.05) is 0 Å². The van der Waals surface area contributed by atoms with E-state index in [4.69, 9.17) is 14.8 Å². The lowest BCUT2D eigenvalue weighted by atomic mass is 9.80. The lowest BCUT2D eigenvalue weighted by Crippen LogP contribution is -2.33. The van der Waals surface area contributed by atoms with Crippen LogP contribution in [-0.4, -0.2) is 28.3 Å². The molecule has 2 N–H and O–H groups in total. The summed E-state index contributed by atoms with van der Waals surface area (Å²) in [5, 5.41) is 17.8. The number of hydrogen-bond donors (Lipinski definition) is 2. The van der Waals surface area contributed by atoms with Crippen LogP contribution in [0.5, 0.6) is 5.88 Å². The average molecular weight is 225 g/mol. The molecule has 1 saturated carbocycles. The fourth-order valence-corrected chi connectivity index (χ4v) is 1.87. The Morgan fingerprint density at radius 2 is 2.06 bits per heavy atom. The molecule has 6 heteroatoms. The third-order valence-electron chi connectivity index (χ3n) is 2.73. The largest absolute Gasteiger partial charge is 0.491 e. The van der Waals surface area contributed by atoms with Crippen molar-refractivity contribution < 1.29 is 19.2 Å². The minimum atomic E-state index is -1.84. The summed E-state index contributed by atoms with van der Waals surface area (Å²) >= 11 is 0. The van der Waals surface area contributed by atoms with Gasteiger partial charge in [-0.05, 0) is 25.7 Å². The maximum atomic E-state index is 13.1. The highest BCUT2D eigenvalue weighted by Crippen LogP contribution is 2.22. The van der Waals surface area contributed by atoms with Gasteiger partial charge in [-0.2, -0.15) is 0 Å². The molecule has 1 heterocycles. The van der Waals surface area contributed by atoms with Gasteiger partial charge in [0, 0.05) is 11.5 Å². The Bertz CT molecular complexity index is 369. The molecule has 1 aliphatic rings. The van der Waals surface area contributed by atoms with E-state index in [0.29, 0.717) is 0 Å². The van der Waals surface area contributed by atoms with Crippen molar-refractivity contribution in [3.63, 3.8) is 0 Å². The van der Waals surface area contributed by atoms with Gasteiger partial charge in [-0.25, -0.2) is 9.37 Å². The summed E-state index contributed by atoms with van der Waals surface area (Å²) in [6.07, 6.45) is 5.25. The predicted octanol–water partition coefficient (Wildman–Crippen LogP) is 0.222. The van der Waals surface area contributed by atoms with E-state index >= 15 is 0 Å². The van der Waals surface area contributed by atoms with Gasteiger partial charge < -0.3 is 14.8 Å². The number of rotatable bonds is 3. The van der Waals surface area contributed by atoms with Crippen LogP contribution in [0, 0.1) is 5.82 Å². The second-order valence-corrected chi connectivity index (χ2v) is 3.94. The molecule has 16 heavy (non-hydrogen) atoms. The summed E-state index contributed by atoms with van der Waals surface area (Å²) in [7, 11) is -1.84. The summed E-state index contributed by atoms with van der Waals surface area (Å²) in [4.78, 5) is 3.77. The number of hydrogen-bond acceptors (Lipinski definition) is 4. The molecule has 2 rings (SSSR count). The lowest BCUT2D eigenvalue weighted by molar-refractivity contribution is 0.201. The summed E-state index contributed by atoms with van der Waals surface area (Å²) < 4.78 is 18.6. The van der Waals surface area contributed by atoms with Crippen LogP contribution in [0.25, 0.3) is 0 Å². The Hall–Kier alpha value is -1.14. The Kier molecular flexibility index (Phi) is 3.41. The summed E-state index contributed by atoms with van der Waals surface area (Å²) in [5.74, 6) is -0.495. The number of halogens is 1. The first-order valence-corrected chi connectivity index (χ1v) is 5.35. The van der Waals surface area contributed by atoms with Gasteiger partial charge in [0.1, 0.15) is 11.9 Å². The van der Waals surface area contributed by atoms with Crippen LogP contribution in [0.3, 0.4) is 0 Å². The molecule has 1 aromatic heterocycles. The van der Waals surface area contributed by atoms with Crippen molar-refractivity contribution in [2.24, 2.45) is 0 Å². The summed E-state index contributed by atoms with van der Waals surface area (Å²) in [6, 6.07) is 1.23. The van der Waals surface area contributed by atoms with Gasteiger partial charge in [-0.1, -0.05) is 0 Å². The molecule has 1 fully saturated rings. The third-order valence-corrected chi connectivity index (χ3v) is 2.73. The maximum Gasteiger partial charge on any atom is 0.491 e. The van der Waals surface area contributed by atoms with Crippen LogP contribution >= 0.6 is 0 Å². The molecular weight excluding hydrogens is 212 g/mol. The molecule has 4 nitrogen and oxygen atoms in total. The Morgan fingerprint density at radius 3 is 2.69 bits per heavy atom. The Balaban J connectivity index is 2.12. The zero-order valence-electron chi connectivity index (χ0n) is 8.77. The third kappa shape index (κ3) is 2.51. The molecule has 0 bridgehead atoms. The molecule has 86 valence electrons. The fourth-order valence-electron chi connectivity index (χ4n) is 1.87. The standard InChI is InChI=1S/C10H13BFNO3/c12-9-6-13-10(5-8(9)11(14)15)16-7-3-1-2-4-7/h5-7,14-15H,1-4H2. The van der Waals surface area contributed by atoms with E-state index in [1.807, 2.05) is 0 Å². The molecular formula is C10H13BFNO3. The minimum Gasteiger partial charge on any atom is -0.474 e. The predicted molar refractivity (Wildman–Crippen MR) is 56.9 cm³/mol. The van der Waals surface area contributed by atoms with Gasteiger partial charge in [0.15, 0.2) is 0 Å². The van der Waals surface area contributed by atoms with Crippen molar-refractivity contribution in [1.82, 2.24) is 4.98 Å². The smallest absolute Gasteiger partial charge is 0.474 e. The topological polar surface area (TPSA) is 62.6 Å². The molecule has 0 atom stereocenters. The van der Waals surface area contributed by atoms with Gasteiger partial charge in [0.2, 0.25) is 5.88 Å². The van der Waals surface area contributed by atoms with Crippen LogP contribution in [0.2, 0.25) is 0 Å². The molecule has 0 saturated heterocycles. The molecule has 0 aromatic carbocycles. The highest BCUT2D eigenvalue weighted by molar-refractivity contribution is 6.58. The van der Waals surface area contributed by atoms with Gasteiger partial charge >= 0.3 is 7.12 Å². The number of aromatic nitrogens is 1. The normalized spacial score (nSPS) is 16.4. The van der Waals surface area contributed by atoms with Gasteiger partial charge in [0.05, 0.1) is 6.20 Å². The Morgan fingerprint density at radius 1 is 1.38 bits per heavy atom. The van der Waals surface area contributed by atoms with Crippen molar-refractivity contribution in [3.05, 3.63) is 18.1 Å². The van der Waals surface area contributed by atoms with Crippen LogP contribution in [0.1, 0.15) is 25.7 Å². The zero-order valence-corrected chi connectivity index (χ0v) is 8.77. The van der Waals surface area contributed by atoms with Crippen molar-refractivity contribution in [3.8, 4) is 5.88 Å². The summed E-state index contributed by atoms with van der Waals surface area (Å²) in [5.41, 5.74) is -0.206. The fraction of sp³-hybridized carbons (Fsp3) is 0.500. The second kappa shape index (κ2) is 4.80. The molecule has 1 aliphatic carbocycles. The molecule has 0 radical (unpaired) electrons. The number of nitrogens with zero attached hydrogens (tertiary/aromatic N) is 1. The highest BCUT2D eigenvalue weighted by atomic mass is 19.1. The number of pyridine rings is 1. The van der Waals surface area contributed by atoms with E-state index < -0.39 is 12.9 Å².